The molecule has 0 bridgehead atoms. The summed E-state index contributed by atoms with van der Waals surface area (Å²) in [7, 11) is 3.27. The van der Waals surface area contributed by atoms with Gasteiger partial charge in [0.05, 0.1) is 25.1 Å². The van der Waals surface area contributed by atoms with E-state index in [0.29, 0.717) is 11.5 Å². The Hall–Kier alpha value is -2.50. The fourth-order valence-corrected chi connectivity index (χ4v) is 2.80. The van der Waals surface area contributed by atoms with Gasteiger partial charge in [0, 0.05) is 24.5 Å². The molecule has 1 N–H and O–H groups in total. The Kier molecular flexibility index (Phi) is 3.75. The van der Waals surface area contributed by atoms with E-state index in [9.17, 15) is 0 Å². The van der Waals surface area contributed by atoms with E-state index in [0.717, 1.165) is 40.8 Å². The van der Waals surface area contributed by atoms with Gasteiger partial charge in [-0.25, -0.2) is 9.97 Å². The summed E-state index contributed by atoms with van der Waals surface area (Å²) in [5.74, 6) is 2.33. The van der Waals surface area contributed by atoms with Crippen molar-refractivity contribution in [2.24, 2.45) is 0 Å². The number of methoxy groups -OCH3 is 2. The van der Waals surface area contributed by atoms with Gasteiger partial charge in [-0.1, -0.05) is 0 Å². The number of ether oxygens (including phenoxy) is 2. The first kappa shape index (κ1) is 14.4. The fourth-order valence-electron chi connectivity index (χ4n) is 2.80. The predicted octanol–water partition coefficient (Wildman–Crippen LogP) is 2.97. The minimum absolute atomic E-state index is 0.693. The summed E-state index contributed by atoms with van der Waals surface area (Å²) in [5, 5.41) is 2.05. The maximum atomic E-state index is 5.42. The summed E-state index contributed by atoms with van der Waals surface area (Å²) >= 11 is 0. The van der Waals surface area contributed by atoms with Crippen molar-refractivity contribution in [3.05, 3.63) is 18.5 Å². The molecule has 2 aromatic heterocycles. The van der Waals surface area contributed by atoms with Gasteiger partial charge < -0.3 is 19.4 Å². The molecule has 0 amide bonds. The average Bonchev–Trinajstić information content (AvgIpc) is 2.92. The summed E-state index contributed by atoms with van der Waals surface area (Å²) in [6.07, 6.45) is 1.60. The number of nitrogens with one attached hydrogen (secondary N) is 1. The molecule has 6 heteroatoms. The van der Waals surface area contributed by atoms with Crippen LogP contribution in [0, 0.1) is 0 Å². The average molecular weight is 300 g/mol. The molecule has 0 atom stereocenters. The number of benzene rings is 1. The molecule has 0 fully saturated rings. The lowest BCUT2D eigenvalue weighted by atomic mass is 10.1. The molecule has 0 radical (unpaired) electrons. The Morgan fingerprint density at radius 3 is 2.36 bits per heavy atom. The standard InChI is InChI=1S/C16H20N4O2/c1-5-20(6-2)16-14-10-7-12(21-3)13(22-4)8-11(10)19-15(14)17-9-18-16/h7-9H,5-6H2,1-4H3,(H,17,18,19). The SMILES string of the molecule is CCN(CC)c1ncnc2[nH]c3cc(OC)c(OC)cc3c12. The molecule has 0 aliphatic carbocycles. The molecule has 1 aromatic carbocycles. The van der Waals surface area contributed by atoms with Gasteiger partial charge in [-0.15, -0.1) is 0 Å². The second-order valence-corrected chi connectivity index (χ2v) is 4.97. The topological polar surface area (TPSA) is 63.3 Å². The lowest BCUT2D eigenvalue weighted by molar-refractivity contribution is 0.356. The second kappa shape index (κ2) is 5.71. The van der Waals surface area contributed by atoms with Crippen molar-refractivity contribution >= 4 is 27.8 Å². The van der Waals surface area contributed by atoms with Gasteiger partial charge in [0.1, 0.15) is 17.8 Å². The van der Waals surface area contributed by atoms with Crippen LogP contribution in [0.4, 0.5) is 5.82 Å². The quantitative estimate of drug-likeness (QED) is 0.785. The zero-order chi connectivity index (χ0) is 15.7. The number of hydrogen-bond donors (Lipinski definition) is 1. The minimum Gasteiger partial charge on any atom is -0.493 e. The van der Waals surface area contributed by atoms with E-state index < -0.39 is 0 Å². The van der Waals surface area contributed by atoms with Crippen molar-refractivity contribution in [2.75, 3.05) is 32.2 Å². The monoisotopic (exact) mass is 300 g/mol. The largest absolute Gasteiger partial charge is 0.493 e. The first-order chi connectivity index (χ1) is 10.7. The Morgan fingerprint density at radius 2 is 1.73 bits per heavy atom. The summed E-state index contributed by atoms with van der Waals surface area (Å²) in [4.78, 5) is 14.4. The van der Waals surface area contributed by atoms with Crippen molar-refractivity contribution < 1.29 is 9.47 Å². The summed E-state index contributed by atoms with van der Waals surface area (Å²) in [6.45, 7) is 6.02. The third-order valence-electron chi connectivity index (χ3n) is 3.94. The van der Waals surface area contributed by atoms with Crippen LogP contribution in [-0.2, 0) is 0 Å². The Balaban J connectivity index is 2.36. The fraction of sp³-hybridized carbons (Fsp3) is 0.375. The highest BCUT2D eigenvalue weighted by Gasteiger charge is 2.17. The van der Waals surface area contributed by atoms with Crippen LogP contribution in [0.15, 0.2) is 18.5 Å². The molecule has 0 unspecified atom stereocenters. The van der Waals surface area contributed by atoms with Gasteiger partial charge in [0.2, 0.25) is 0 Å². The summed E-state index contributed by atoms with van der Waals surface area (Å²) in [5.41, 5.74) is 1.78. The zero-order valence-corrected chi connectivity index (χ0v) is 13.3. The minimum atomic E-state index is 0.693. The first-order valence-electron chi connectivity index (χ1n) is 7.36. The van der Waals surface area contributed by atoms with E-state index in [1.54, 1.807) is 20.5 Å². The van der Waals surface area contributed by atoms with Crippen LogP contribution in [0.25, 0.3) is 21.9 Å². The number of rotatable bonds is 5. The van der Waals surface area contributed by atoms with E-state index in [4.69, 9.17) is 9.47 Å². The van der Waals surface area contributed by atoms with E-state index in [1.807, 2.05) is 12.1 Å². The molecule has 6 nitrogen and oxygen atoms in total. The number of anilines is 1. The molecule has 0 spiro atoms. The predicted molar refractivity (Wildman–Crippen MR) is 88.1 cm³/mol. The van der Waals surface area contributed by atoms with Gasteiger partial charge in [-0.2, -0.15) is 0 Å². The van der Waals surface area contributed by atoms with Gasteiger partial charge >= 0.3 is 0 Å². The maximum Gasteiger partial charge on any atom is 0.162 e. The number of nitrogens with zero attached hydrogens (tertiary/aromatic N) is 3. The van der Waals surface area contributed by atoms with Gasteiger partial charge in [-0.05, 0) is 19.9 Å². The highest BCUT2D eigenvalue weighted by Crippen LogP contribution is 2.37. The molecular formula is C16H20N4O2. The summed E-state index contributed by atoms with van der Waals surface area (Å²) < 4.78 is 10.8. The smallest absolute Gasteiger partial charge is 0.162 e. The van der Waals surface area contributed by atoms with Crippen LogP contribution in [0.2, 0.25) is 0 Å². The van der Waals surface area contributed by atoms with Crippen LogP contribution in [0.5, 0.6) is 11.5 Å². The molecular weight excluding hydrogens is 280 g/mol. The third-order valence-corrected chi connectivity index (χ3v) is 3.94. The number of hydrogen-bond acceptors (Lipinski definition) is 5. The van der Waals surface area contributed by atoms with Crippen molar-refractivity contribution in [2.45, 2.75) is 13.8 Å². The Labute approximate surface area is 129 Å². The van der Waals surface area contributed by atoms with Crippen LogP contribution in [0.1, 0.15) is 13.8 Å². The lowest BCUT2D eigenvalue weighted by Gasteiger charge is -2.20. The molecule has 2 heterocycles. The Morgan fingerprint density at radius 1 is 1.05 bits per heavy atom. The molecule has 3 aromatic rings. The molecule has 0 saturated heterocycles. The molecule has 0 aliphatic rings. The number of aromatic nitrogens is 3. The van der Waals surface area contributed by atoms with Crippen LogP contribution in [0.3, 0.4) is 0 Å². The molecule has 3 rings (SSSR count). The highest BCUT2D eigenvalue weighted by molar-refractivity contribution is 6.12. The normalized spacial score (nSPS) is 11.1. The van der Waals surface area contributed by atoms with Gasteiger partial charge in [-0.3, -0.25) is 0 Å². The zero-order valence-electron chi connectivity index (χ0n) is 13.3. The number of aromatic amines is 1. The van der Waals surface area contributed by atoms with E-state index >= 15 is 0 Å². The van der Waals surface area contributed by atoms with Gasteiger partial charge in [0.15, 0.2) is 11.5 Å². The lowest BCUT2D eigenvalue weighted by Crippen LogP contribution is -2.23. The summed E-state index contributed by atoms with van der Waals surface area (Å²) in [6, 6.07) is 3.91. The molecule has 22 heavy (non-hydrogen) atoms. The van der Waals surface area contributed by atoms with Crippen molar-refractivity contribution in [1.82, 2.24) is 15.0 Å². The number of H-pyrrole nitrogens is 1. The van der Waals surface area contributed by atoms with E-state index in [2.05, 4.69) is 33.7 Å². The second-order valence-electron chi connectivity index (χ2n) is 4.97. The van der Waals surface area contributed by atoms with Crippen LogP contribution in [-0.4, -0.2) is 42.3 Å². The van der Waals surface area contributed by atoms with E-state index in [-0.39, 0.29) is 0 Å². The number of fused-ring (bicyclic) bond motifs is 3. The first-order valence-corrected chi connectivity index (χ1v) is 7.36. The molecule has 0 saturated carbocycles. The van der Waals surface area contributed by atoms with Crippen molar-refractivity contribution in [3.63, 3.8) is 0 Å². The Bertz CT molecular complexity index is 809. The van der Waals surface area contributed by atoms with Gasteiger partial charge in [0.25, 0.3) is 0 Å². The van der Waals surface area contributed by atoms with Crippen LogP contribution < -0.4 is 14.4 Å². The maximum absolute atomic E-state index is 5.42. The van der Waals surface area contributed by atoms with Crippen LogP contribution >= 0.6 is 0 Å². The van der Waals surface area contributed by atoms with E-state index in [1.165, 1.54) is 0 Å². The third kappa shape index (κ3) is 2.11. The van der Waals surface area contributed by atoms with Crippen molar-refractivity contribution in [1.29, 1.82) is 0 Å². The highest BCUT2D eigenvalue weighted by atomic mass is 16.5. The molecule has 0 aliphatic heterocycles. The van der Waals surface area contributed by atoms with Crippen molar-refractivity contribution in [3.8, 4) is 11.5 Å². The molecule has 116 valence electrons.